The summed E-state index contributed by atoms with van der Waals surface area (Å²) in [7, 11) is 0. The van der Waals surface area contributed by atoms with Gasteiger partial charge in [0.05, 0.1) is 22.3 Å². The summed E-state index contributed by atoms with van der Waals surface area (Å²) in [6, 6.07) is 31.8. The molecule has 12 aromatic rings. The predicted molar refractivity (Wildman–Crippen MR) is 313 cm³/mol. The molecule has 0 N–H and O–H groups in total. The SMILES string of the molecule is C[Si](C)=[Zr+2].C[Si](C)=[Zr+2].Cc1cc2c(-c3c(F)c(F)c(F)c(F)c3F)cccc2[cH-]1.Cc1cc2c(-c3c(F)c(F)c(F)c(F)c3F)cccc2[cH-]1.Cc1cc2c(-c3c(F)c(F)c(F)c(F)c3F)cccc2[cH-]1.Cc1cc2c(-c3c(F)c(F)c(F)c(F)c3F)cccc2[cH-]1.[Cl-].[Cl-]. The molecule has 0 aliphatic carbocycles. The summed E-state index contributed by atoms with van der Waals surface area (Å²) in [4.78, 5) is 0. The smallest absolute Gasteiger partial charge is 0.200 e. The topological polar surface area (TPSA) is 0 Å². The van der Waals surface area contributed by atoms with E-state index in [-0.39, 0.29) is 57.9 Å². The molecule has 0 fully saturated rings. The molecule has 488 valence electrons. The Morgan fingerprint density at radius 3 is 0.511 bits per heavy atom. The van der Waals surface area contributed by atoms with E-state index in [1.54, 1.807) is 147 Å². The largest absolute Gasteiger partial charge is 1.00 e. The molecule has 0 aliphatic heterocycles. The summed E-state index contributed by atoms with van der Waals surface area (Å²) in [5.74, 6) is -38.7. The van der Waals surface area contributed by atoms with Gasteiger partial charge in [-0.05, 0) is 0 Å². The third-order valence-corrected chi connectivity index (χ3v) is 13.5. The Balaban J connectivity index is 0.000000217. The summed E-state index contributed by atoms with van der Waals surface area (Å²) < 4.78 is 270. The van der Waals surface area contributed by atoms with Crippen LogP contribution in [0.15, 0.2) is 121 Å². The molecule has 26 heteroatoms. The van der Waals surface area contributed by atoms with Gasteiger partial charge in [-0.1, -0.05) is 74.2 Å². The molecular weight excluding hydrogens is 1510 g/mol. The van der Waals surface area contributed by atoms with Gasteiger partial charge in [0.2, 0.25) is 23.3 Å². The first kappa shape index (κ1) is 78.3. The molecular formula is C68H44Cl2F20Si2Zr2-2. The van der Waals surface area contributed by atoms with E-state index in [9.17, 15) is 87.8 Å². The standard InChI is InChI=1S/4C16H8F5.2C2H6Si.2ClH.2Zr/c4*1-7-5-8-3-2-4-9(10(8)6-7)11-12(17)14(19)16(21)15(20)13(11)18;2*1-3-2;;;;/h4*2-6H,1H3;2*1-2H3;2*1H;;/q4*-1;;;;;2*+2/p-2. The first-order valence-electron chi connectivity index (χ1n) is 26.9. The van der Waals surface area contributed by atoms with Crippen LogP contribution < -0.4 is 24.8 Å². The fraction of sp³-hybridized carbons (Fsp3) is 0.118. The van der Waals surface area contributed by atoms with E-state index in [4.69, 9.17) is 0 Å². The molecule has 12 rings (SSSR count). The van der Waals surface area contributed by atoms with E-state index in [2.05, 4.69) is 26.2 Å². The number of rotatable bonds is 4. The van der Waals surface area contributed by atoms with Crippen molar-refractivity contribution in [1.29, 1.82) is 0 Å². The molecule has 0 nitrogen and oxygen atoms in total. The molecule has 0 heterocycles. The van der Waals surface area contributed by atoms with E-state index in [1.807, 2.05) is 0 Å². The molecule has 12 aromatic carbocycles. The third kappa shape index (κ3) is 16.3. The zero-order valence-corrected chi connectivity index (χ0v) is 58.3. The second kappa shape index (κ2) is 32.5. The third-order valence-electron chi connectivity index (χ3n) is 13.5. The van der Waals surface area contributed by atoms with Crippen LogP contribution in [-0.2, 0) is 46.7 Å². The van der Waals surface area contributed by atoms with Crippen LogP contribution in [0.2, 0.25) is 26.2 Å². The second-order valence-electron chi connectivity index (χ2n) is 21.1. The van der Waals surface area contributed by atoms with Crippen molar-refractivity contribution >= 4 is 54.0 Å². The minimum absolute atomic E-state index is 0. The molecule has 0 saturated carbocycles. The van der Waals surface area contributed by atoms with Gasteiger partial charge in [-0.2, -0.15) is 24.3 Å². The van der Waals surface area contributed by atoms with Crippen LogP contribution in [0.1, 0.15) is 22.3 Å². The van der Waals surface area contributed by atoms with Gasteiger partial charge >= 0.3 is 83.7 Å². The Morgan fingerprint density at radius 1 is 0.245 bits per heavy atom. The summed E-state index contributed by atoms with van der Waals surface area (Å²) >= 11 is 3.48. The average Bonchev–Trinajstić information content (AvgIpc) is 0.972. The van der Waals surface area contributed by atoms with Gasteiger partial charge in [0.15, 0.2) is 93.1 Å². The number of benzene rings is 8. The fourth-order valence-corrected chi connectivity index (χ4v) is 9.78. The van der Waals surface area contributed by atoms with Crippen molar-refractivity contribution in [3.8, 4) is 44.5 Å². The molecule has 0 bridgehead atoms. The van der Waals surface area contributed by atoms with E-state index >= 15 is 0 Å². The van der Waals surface area contributed by atoms with Gasteiger partial charge in [-0.25, -0.2) is 87.8 Å². The first-order chi connectivity index (χ1) is 43.1. The number of hydrogen-bond acceptors (Lipinski definition) is 0. The Labute approximate surface area is 567 Å². The Bertz CT molecular complexity index is 4160. The fourth-order valence-electron chi connectivity index (χ4n) is 9.78. The number of fused-ring (bicyclic) bond motifs is 4. The van der Waals surface area contributed by atoms with E-state index in [0.29, 0.717) is 43.1 Å². The van der Waals surface area contributed by atoms with Crippen LogP contribution in [0.5, 0.6) is 0 Å². The van der Waals surface area contributed by atoms with E-state index < -0.39 is 139 Å². The predicted octanol–water partition coefficient (Wildman–Crippen LogP) is 16.5. The van der Waals surface area contributed by atoms with Crippen molar-refractivity contribution < 1.29 is 159 Å². The number of aryl methyl sites for hydroxylation is 4. The summed E-state index contributed by atoms with van der Waals surface area (Å²) in [5, 5.41) is 4.47. The molecule has 0 amide bonds. The van der Waals surface area contributed by atoms with Gasteiger partial charge in [-0.3, -0.25) is 0 Å². The maximum atomic E-state index is 13.9. The van der Waals surface area contributed by atoms with Gasteiger partial charge in [-0.15, -0.1) is 138 Å². The van der Waals surface area contributed by atoms with Crippen LogP contribution >= 0.6 is 0 Å². The maximum Gasteiger partial charge on any atom is 0.200 e. The maximum absolute atomic E-state index is 13.9. The number of halogens is 22. The van der Waals surface area contributed by atoms with Crippen LogP contribution in [0.3, 0.4) is 0 Å². The van der Waals surface area contributed by atoms with Crippen molar-refractivity contribution in [2.24, 2.45) is 0 Å². The van der Waals surface area contributed by atoms with Crippen LogP contribution in [0, 0.1) is 144 Å². The minimum Gasteiger partial charge on any atom is -1.00 e. The minimum atomic E-state index is -2.15. The zero-order valence-electron chi connectivity index (χ0n) is 49.9. The number of hydrogen-bond donors (Lipinski definition) is 0. The van der Waals surface area contributed by atoms with Gasteiger partial charge in [0.1, 0.15) is 0 Å². The second-order valence-corrected chi connectivity index (χ2v) is 39.9. The summed E-state index contributed by atoms with van der Waals surface area (Å²) in [6.45, 7) is 16.4. The molecule has 0 atom stereocenters. The van der Waals surface area contributed by atoms with Crippen molar-refractivity contribution in [3.63, 3.8) is 0 Å². The van der Waals surface area contributed by atoms with E-state index in [1.165, 1.54) is 48.5 Å². The normalized spacial score (nSPS) is 10.7. The van der Waals surface area contributed by atoms with Crippen LogP contribution in [0.4, 0.5) is 87.8 Å². The molecule has 0 spiro atoms. The Hall–Kier alpha value is -6.42. The monoisotopic (exact) mass is 1550 g/mol. The molecule has 0 saturated heterocycles. The van der Waals surface area contributed by atoms with Crippen LogP contribution in [-0.4, -0.2) is 10.9 Å². The van der Waals surface area contributed by atoms with Crippen molar-refractivity contribution in [2.45, 2.75) is 53.9 Å². The van der Waals surface area contributed by atoms with Crippen LogP contribution in [0.25, 0.3) is 87.6 Å². The molecule has 0 aromatic heterocycles. The molecule has 0 aliphatic rings. The average molecular weight is 1550 g/mol. The van der Waals surface area contributed by atoms with E-state index in [0.717, 1.165) is 22.3 Å². The Morgan fingerprint density at radius 2 is 0.372 bits per heavy atom. The Kier molecular flexibility index (Phi) is 27.1. The molecule has 0 radical (unpaired) electrons. The van der Waals surface area contributed by atoms with Crippen molar-refractivity contribution in [2.75, 3.05) is 0 Å². The molecule has 0 unspecified atom stereocenters. The van der Waals surface area contributed by atoms with Gasteiger partial charge in [0.25, 0.3) is 0 Å². The first-order valence-corrected chi connectivity index (χ1v) is 39.2. The van der Waals surface area contributed by atoms with Crippen molar-refractivity contribution in [1.82, 2.24) is 0 Å². The van der Waals surface area contributed by atoms with Gasteiger partial charge in [0, 0.05) is 0 Å². The van der Waals surface area contributed by atoms with Gasteiger partial charge < -0.3 is 24.8 Å². The summed E-state index contributed by atoms with van der Waals surface area (Å²) in [5.41, 5.74) is 0.0775. The molecule has 94 heavy (non-hydrogen) atoms. The van der Waals surface area contributed by atoms with Crippen molar-refractivity contribution in [3.05, 3.63) is 260 Å². The summed E-state index contributed by atoms with van der Waals surface area (Å²) in [6.07, 6.45) is 0. The zero-order chi connectivity index (χ0) is 68.4. The quantitative estimate of drug-likeness (QED) is 0.0542.